The average molecular weight is 327 g/mol. The second-order valence-corrected chi connectivity index (χ2v) is 5.20. The smallest absolute Gasteiger partial charge is 0.144 e. The predicted octanol–water partition coefficient (Wildman–Crippen LogP) is 3.75. The molecule has 2 rings (SSSR count). The van der Waals surface area contributed by atoms with Crippen molar-refractivity contribution in [2.75, 3.05) is 7.05 Å². The summed E-state index contributed by atoms with van der Waals surface area (Å²) in [6.07, 6.45) is 3.40. The highest BCUT2D eigenvalue weighted by molar-refractivity contribution is 9.10. The number of hydrogen-bond acceptors (Lipinski definition) is 2. The van der Waals surface area contributed by atoms with Gasteiger partial charge in [-0.05, 0) is 52.8 Å². The van der Waals surface area contributed by atoms with E-state index >= 15 is 0 Å². The summed E-state index contributed by atoms with van der Waals surface area (Å²) in [7, 11) is 1.82. The Hall–Kier alpha value is -1.33. The van der Waals surface area contributed by atoms with E-state index < -0.39 is 11.6 Å². The predicted molar refractivity (Wildman–Crippen MR) is 73.5 cm³/mol. The van der Waals surface area contributed by atoms with E-state index in [1.165, 1.54) is 12.1 Å². The molecule has 1 heterocycles. The van der Waals surface area contributed by atoms with Crippen molar-refractivity contribution in [3.63, 3.8) is 0 Å². The number of benzene rings is 1. The molecule has 0 bridgehead atoms. The van der Waals surface area contributed by atoms with Crippen molar-refractivity contribution in [1.29, 1.82) is 0 Å². The molecule has 0 radical (unpaired) electrons. The standard InChI is InChI=1S/C14H13BrF2N2/c1-19(8-10-4-6-18-7-5-10)9-11-13(16)3-2-12(15)14(11)17/h2-7H,8-9H2,1H3. The number of halogens is 3. The van der Waals surface area contributed by atoms with Gasteiger partial charge in [0.1, 0.15) is 11.6 Å². The zero-order valence-corrected chi connectivity index (χ0v) is 12.0. The third kappa shape index (κ3) is 3.58. The maximum Gasteiger partial charge on any atom is 0.144 e. The monoisotopic (exact) mass is 326 g/mol. The van der Waals surface area contributed by atoms with Gasteiger partial charge < -0.3 is 0 Å². The van der Waals surface area contributed by atoms with Crippen LogP contribution >= 0.6 is 15.9 Å². The summed E-state index contributed by atoms with van der Waals surface area (Å²) < 4.78 is 27.7. The highest BCUT2D eigenvalue weighted by atomic mass is 79.9. The lowest BCUT2D eigenvalue weighted by Crippen LogP contribution is -2.19. The van der Waals surface area contributed by atoms with Gasteiger partial charge in [-0.2, -0.15) is 0 Å². The molecule has 0 fully saturated rings. The van der Waals surface area contributed by atoms with E-state index in [0.29, 0.717) is 6.54 Å². The Morgan fingerprint density at radius 2 is 1.79 bits per heavy atom. The minimum atomic E-state index is -0.540. The molecule has 0 amide bonds. The van der Waals surface area contributed by atoms with Gasteiger partial charge in [0.05, 0.1) is 4.47 Å². The van der Waals surface area contributed by atoms with Gasteiger partial charge >= 0.3 is 0 Å². The van der Waals surface area contributed by atoms with Crippen molar-refractivity contribution in [3.05, 3.63) is 63.9 Å². The number of aromatic nitrogens is 1. The molecular formula is C14H13BrF2N2. The first-order valence-electron chi connectivity index (χ1n) is 5.77. The third-order valence-electron chi connectivity index (χ3n) is 2.77. The fraction of sp³-hybridized carbons (Fsp3) is 0.214. The fourth-order valence-corrected chi connectivity index (χ4v) is 2.21. The molecule has 0 atom stereocenters. The molecule has 0 aliphatic carbocycles. The van der Waals surface area contributed by atoms with Gasteiger partial charge in [-0.1, -0.05) is 0 Å². The van der Waals surface area contributed by atoms with Gasteiger partial charge in [0.25, 0.3) is 0 Å². The van der Waals surface area contributed by atoms with Crippen LogP contribution in [0.15, 0.2) is 41.1 Å². The van der Waals surface area contributed by atoms with E-state index in [-0.39, 0.29) is 16.6 Å². The highest BCUT2D eigenvalue weighted by Gasteiger charge is 2.14. The van der Waals surface area contributed by atoms with E-state index in [0.717, 1.165) is 5.56 Å². The summed E-state index contributed by atoms with van der Waals surface area (Å²) in [6, 6.07) is 6.40. The van der Waals surface area contributed by atoms with Gasteiger partial charge in [0.15, 0.2) is 0 Å². The maximum absolute atomic E-state index is 13.8. The quantitative estimate of drug-likeness (QED) is 0.795. The zero-order valence-electron chi connectivity index (χ0n) is 10.4. The van der Waals surface area contributed by atoms with E-state index in [2.05, 4.69) is 20.9 Å². The molecule has 0 saturated heterocycles. The lowest BCUT2D eigenvalue weighted by Gasteiger charge is -2.18. The Balaban J connectivity index is 2.11. The molecule has 2 aromatic rings. The summed E-state index contributed by atoms with van der Waals surface area (Å²) in [5, 5.41) is 0. The Morgan fingerprint density at radius 3 is 2.47 bits per heavy atom. The number of pyridine rings is 1. The summed E-state index contributed by atoms with van der Waals surface area (Å²) in [5.41, 5.74) is 1.12. The first-order valence-corrected chi connectivity index (χ1v) is 6.57. The van der Waals surface area contributed by atoms with Crippen LogP contribution in [0.4, 0.5) is 8.78 Å². The SMILES string of the molecule is CN(Cc1ccncc1)Cc1c(F)ccc(Br)c1F. The first kappa shape index (κ1) is 14.1. The van der Waals surface area contributed by atoms with E-state index in [1.54, 1.807) is 12.4 Å². The van der Waals surface area contributed by atoms with Crippen LogP contribution in [0.1, 0.15) is 11.1 Å². The summed E-state index contributed by atoms with van der Waals surface area (Å²) in [5.74, 6) is -1.07. The van der Waals surface area contributed by atoms with E-state index in [1.807, 2.05) is 24.1 Å². The lowest BCUT2D eigenvalue weighted by atomic mass is 10.1. The Bertz CT molecular complexity index is 561. The van der Waals surface area contributed by atoms with Crippen LogP contribution in [0.3, 0.4) is 0 Å². The number of hydrogen-bond donors (Lipinski definition) is 0. The number of rotatable bonds is 4. The maximum atomic E-state index is 13.8. The van der Waals surface area contributed by atoms with Crippen LogP contribution in [-0.4, -0.2) is 16.9 Å². The van der Waals surface area contributed by atoms with Crippen molar-refractivity contribution < 1.29 is 8.78 Å². The molecule has 0 N–H and O–H groups in total. The Labute approximate surface area is 119 Å². The molecule has 5 heteroatoms. The van der Waals surface area contributed by atoms with Crippen LogP contribution in [-0.2, 0) is 13.1 Å². The van der Waals surface area contributed by atoms with Crippen LogP contribution in [0.2, 0.25) is 0 Å². The van der Waals surface area contributed by atoms with E-state index in [9.17, 15) is 8.78 Å². The van der Waals surface area contributed by atoms with Gasteiger partial charge in [-0.3, -0.25) is 9.88 Å². The van der Waals surface area contributed by atoms with Crippen molar-refractivity contribution in [1.82, 2.24) is 9.88 Å². The normalized spacial score (nSPS) is 11.0. The molecule has 19 heavy (non-hydrogen) atoms. The second kappa shape index (κ2) is 6.21. The third-order valence-corrected chi connectivity index (χ3v) is 3.38. The first-order chi connectivity index (χ1) is 9.08. The van der Waals surface area contributed by atoms with Gasteiger partial charge in [0.2, 0.25) is 0 Å². The molecule has 1 aromatic carbocycles. The van der Waals surface area contributed by atoms with Gasteiger partial charge in [0, 0.05) is 31.0 Å². The molecule has 0 unspecified atom stereocenters. The van der Waals surface area contributed by atoms with Crippen molar-refractivity contribution in [3.8, 4) is 0 Å². The van der Waals surface area contributed by atoms with Crippen LogP contribution in [0.5, 0.6) is 0 Å². The van der Waals surface area contributed by atoms with Gasteiger partial charge in [-0.25, -0.2) is 8.78 Å². The number of nitrogens with zero attached hydrogens (tertiary/aromatic N) is 2. The van der Waals surface area contributed by atoms with E-state index in [4.69, 9.17) is 0 Å². The Morgan fingerprint density at radius 1 is 1.11 bits per heavy atom. The highest BCUT2D eigenvalue weighted by Crippen LogP contribution is 2.23. The average Bonchev–Trinajstić information content (AvgIpc) is 2.40. The lowest BCUT2D eigenvalue weighted by molar-refractivity contribution is 0.306. The zero-order chi connectivity index (χ0) is 13.8. The largest absolute Gasteiger partial charge is 0.298 e. The van der Waals surface area contributed by atoms with Crippen LogP contribution in [0.25, 0.3) is 0 Å². The minimum Gasteiger partial charge on any atom is -0.298 e. The molecule has 0 aliphatic heterocycles. The summed E-state index contributed by atoms with van der Waals surface area (Å²) in [4.78, 5) is 5.78. The molecule has 0 spiro atoms. The minimum absolute atomic E-state index is 0.0749. The van der Waals surface area contributed by atoms with Crippen molar-refractivity contribution >= 4 is 15.9 Å². The Kier molecular flexibility index (Phi) is 4.61. The van der Waals surface area contributed by atoms with Crippen molar-refractivity contribution in [2.24, 2.45) is 0 Å². The summed E-state index contributed by atoms with van der Waals surface area (Å²) >= 11 is 3.07. The molecule has 0 aliphatic rings. The van der Waals surface area contributed by atoms with Gasteiger partial charge in [-0.15, -0.1) is 0 Å². The van der Waals surface area contributed by atoms with Crippen molar-refractivity contribution in [2.45, 2.75) is 13.1 Å². The molecule has 0 saturated carbocycles. The fourth-order valence-electron chi connectivity index (χ4n) is 1.84. The van der Waals surface area contributed by atoms with Crippen LogP contribution in [0, 0.1) is 11.6 Å². The molecular weight excluding hydrogens is 314 g/mol. The molecule has 1 aromatic heterocycles. The second-order valence-electron chi connectivity index (χ2n) is 4.35. The summed E-state index contributed by atoms with van der Waals surface area (Å²) in [6.45, 7) is 0.813. The topological polar surface area (TPSA) is 16.1 Å². The molecule has 2 nitrogen and oxygen atoms in total. The van der Waals surface area contributed by atoms with Crippen LogP contribution < -0.4 is 0 Å². The molecule has 100 valence electrons.